The summed E-state index contributed by atoms with van der Waals surface area (Å²) in [6.45, 7) is 3.50. The predicted octanol–water partition coefficient (Wildman–Crippen LogP) is 2.53. The van der Waals surface area contributed by atoms with Crippen molar-refractivity contribution in [3.05, 3.63) is 65.0 Å². The summed E-state index contributed by atoms with van der Waals surface area (Å²) in [7, 11) is -2.32. The lowest BCUT2D eigenvalue weighted by atomic mass is 10.1. The van der Waals surface area contributed by atoms with E-state index in [4.69, 9.17) is 0 Å². The fraction of sp³-hybridized carbons (Fsp3) is 0.235. The van der Waals surface area contributed by atoms with Crippen molar-refractivity contribution in [2.24, 2.45) is 0 Å². The van der Waals surface area contributed by atoms with Gasteiger partial charge >= 0.3 is 0 Å². The molecule has 0 radical (unpaired) electrons. The lowest BCUT2D eigenvalue weighted by molar-refractivity contribution is 0.0939. The Balaban J connectivity index is 2.26. The Morgan fingerprint density at radius 1 is 1.12 bits per heavy atom. The number of halogens is 1. The molecule has 24 heavy (non-hydrogen) atoms. The maximum Gasteiger partial charge on any atom is 0.252 e. The molecule has 2 N–H and O–H groups in total. The summed E-state index contributed by atoms with van der Waals surface area (Å²) in [5.41, 5.74) is 1.69. The number of hydrogen-bond acceptors (Lipinski definition) is 3. The zero-order valence-electron chi connectivity index (χ0n) is 13.6. The molecule has 0 heterocycles. The first-order valence-corrected chi connectivity index (χ1v) is 8.83. The van der Waals surface area contributed by atoms with E-state index in [1.807, 2.05) is 0 Å². The minimum atomic E-state index is -3.63. The normalized spacial score (nSPS) is 12.7. The van der Waals surface area contributed by atoms with Gasteiger partial charge in [0.05, 0.1) is 10.9 Å². The first kappa shape index (κ1) is 18.1. The van der Waals surface area contributed by atoms with Crippen LogP contribution < -0.4 is 10.0 Å². The number of rotatable bonds is 5. The van der Waals surface area contributed by atoms with E-state index in [1.165, 1.54) is 31.3 Å². The van der Waals surface area contributed by atoms with Crippen LogP contribution in [0.4, 0.5) is 4.39 Å². The molecule has 128 valence electrons. The Morgan fingerprint density at radius 3 is 2.33 bits per heavy atom. The van der Waals surface area contributed by atoms with Gasteiger partial charge in [-0.3, -0.25) is 4.79 Å². The van der Waals surface area contributed by atoms with E-state index in [-0.39, 0.29) is 22.3 Å². The molecule has 1 atom stereocenters. The third kappa shape index (κ3) is 3.98. The summed E-state index contributed by atoms with van der Waals surface area (Å²) in [6, 6.07) is 9.86. The smallest absolute Gasteiger partial charge is 0.252 e. The molecule has 0 bridgehead atoms. The van der Waals surface area contributed by atoms with E-state index in [0.29, 0.717) is 5.56 Å². The number of sulfonamides is 1. The second-order valence-electron chi connectivity index (χ2n) is 5.43. The minimum Gasteiger partial charge on any atom is -0.346 e. The zero-order valence-corrected chi connectivity index (χ0v) is 14.4. The average molecular weight is 350 g/mol. The molecule has 0 fully saturated rings. The second-order valence-corrected chi connectivity index (χ2v) is 7.32. The number of amides is 1. The van der Waals surface area contributed by atoms with Crippen LogP contribution in [0, 0.1) is 12.7 Å². The van der Waals surface area contributed by atoms with Gasteiger partial charge in [-0.25, -0.2) is 17.5 Å². The lowest BCUT2D eigenvalue weighted by Gasteiger charge is -2.16. The van der Waals surface area contributed by atoms with Crippen molar-refractivity contribution >= 4 is 15.9 Å². The number of aryl methyl sites for hydroxylation is 1. The molecule has 0 aliphatic heterocycles. The van der Waals surface area contributed by atoms with Crippen LogP contribution in [0.2, 0.25) is 0 Å². The third-order valence-corrected chi connectivity index (χ3v) is 5.16. The van der Waals surface area contributed by atoms with Crippen molar-refractivity contribution in [2.75, 3.05) is 7.05 Å². The molecule has 0 unspecified atom stereocenters. The topological polar surface area (TPSA) is 75.3 Å². The maximum absolute atomic E-state index is 13.0. The SMILES string of the molecule is CNS(=O)(=O)c1ccc(C)c(C(=O)N[C@@H](C)c2ccc(F)cc2)c1. The van der Waals surface area contributed by atoms with Crippen LogP contribution >= 0.6 is 0 Å². The van der Waals surface area contributed by atoms with E-state index >= 15 is 0 Å². The third-order valence-electron chi connectivity index (χ3n) is 3.75. The van der Waals surface area contributed by atoms with E-state index in [9.17, 15) is 17.6 Å². The number of carbonyl (C=O) groups is 1. The van der Waals surface area contributed by atoms with Crippen molar-refractivity contribution in [1.82, 2.24) is 10.0 Å². The van der Waals surface area contributed by atoms with E-state index in [1.54, 1.807) is 32.0 Å². The fourth-order valence-electron chi connectivity index (χ4n) is 2.24. The Morgan fingerprint density at radius 2 is 1.75 bits per heavy atom. The van der Waals surface area contributed by atoms with Crippen LogP contribution in [0.25, 0.3) is 0 Å². The molecule has 2 aromatic rings. The summed E-state index contributed by atoms with van der Waals surface area (Å²) in [4.78, 5) is 12.5. The van der Waals surface area contributed by atoms with E-state index < -0.39 is 15.9 Å². The van der Waals surface area contributed by atoms with Gasteiger partial charge in [-0.15, -0.1) is 0 Å². The van der Waals surface area contributed by atoms with Crippen LogP contribution in [0.3, 0.4) is 0 Å². The van der Waals surface area contributed by atoms with Crippen molar-refractivity contribution < 1.29 is 17.6 Å². The van der Waals surface area contributed by atoms with Crippen molar-refractivity contribution in [2.45, 2.75) is 24.8 Å². The minimum absolute atomic E-state index is 0.0233. The fourth-order valence-corrected chi connectivity index (χ4v) is 3.00. The zero-order chi connectivity index (χ0) is 17.9. The molecular formula is C17H19FN2O3S. The van der Waals surface area contributed by atoms with Crippen molar-refractivity contribution in [3.8, 4) is 0 Å². The maximum atomic E-state index is 13.0. The van der Waals surface area contributed by atoms with Gasteiger partial charge in [0.1, 0.15) is 5.82 Å². The molecule has 5 nitrogen and oxygen atoms in total. The molecule has 1 amide bonds. The number of nitrogens with one attached hydrogen (secondary N) is 2. The molecule has 0 saturated carbocycles. The number of hydrogen-bond donors (Lipinski definition) is 2. The lowest BCUT2D eigenvalue weighted by Crippen LogP contribution is -2.28. The van der Waals surface area contributed by atoms with Crippen LogP contribution in [0.15, 0.2) is 47.4 Å². The quantitative estimate of drug-likeness (QED) is 0.870. The largest absolute Gasteiger partial charge is 0.346 e. The molecule has 7 heteroatoms. The van der Waals surface area contributed by atoms with E-state index in [0.717, 1.165) is 5.56 Å². The van der Waals surface area contributed by atoms with Gasteiger partial charge in [0.25, 0.3) is 5.91 Å². The Kier molecular flexibility index (Phi) is 5.36. The molecule has 0 saturated heterocycles. The van der Waals surface area contributed by atoms with Gasteiger partial charge < -0.3 is 5.32 Å². The summed E-state index contributed by atoms with van der Waals surface area (Å²) in [6.07, 6.45) is 0. The molecule has 2 aromatic carbocycles. The second kappa shape index (κ2) is 7.11. The Labute approximate surface area is 141 Å². The van der Waals surface area contributed by atoms with Crippen LogP contribution in [-0.2, 0) is 10.0 Å². The van der Waals surface area contributed by atoms with Crippen molar-refractivity contribution in [3.63, 3.8) is 0 Å². The Hall–Kier alpha value is -2.25. The van der Waals surface area contributed by atoms with Gasteiger partial charge in [-0.1, -0.05) is 18.2 Å². The van der Waals surface area contributed by atoms with Gasteiger partial charge in [0, 0.05) is 5.56 Å². The van der Waals surface area contributed by atoms with Crippen molar-refractivity contribution in [1.29, 1.82) is 0 Å². The first-order chi connectivity index (χ1) is 11.2. The summed E-state index contributed by atoms with van der Waals surface area (Å²) >= 11 is 0. The standard InChI is InChI=1S/C17H19FN2O3S/c1-11-4-9-15(24(22,23)19-3)10-16(11)17(21)20-12(2)13-5-7-14(18)8-6-13/h4-10,12,19H,1-3H3,(H,20,21)/t12-/m0/s1. The summed E-state index contributed by atoms with van der Waals surface area (Å²) in [5, 5.41) is 2.79. The monoisotopic (exact) mass is 350 g/mol. The van der Waals surface area contributed by atoms with Crippen LogP contribution in [0.5, 0.6) is 0 Å². The van der Waals surface area contributed by atoms with Gasteiger partial charge in [-0.2, -0.15) is 0 Å². The first-order valence-electron chi connectivity index (χ1n) is 7.35. The predicted molar refractivity (Wildman–Crippen MR) is 89.7 cm³/mol. The summed E-state index contributed by atoms with van der Waals surface area (Å²) < 4.78 is 39.0. The molecule has 0 spiro atoms. The van der Waals surface area contributed by atoms with Gasteiger partial charge in [0.15, 0.2) is 0 Å². The number of carbonyl (C=O) groups excluding carboxylic acids is 1. The highest BCUT2D eigenvalue weighted by Crippen LogP contribution is 2.18. The average Bonchev–Trinajstić information content (AvgIpc) is 2.55. The highest BCUT2D eigenvalue weighted by Gasteiger charge is 2.18. The molecule has 0 aliphatic rings. The van der Waals surface area contributed by atoms with Crippen LogP contribution in [0.1, 0.15) is 34.5 Å². The summed E-state index contributed by atoms with van der Waals surface area (Å²) in [5.74, 6) is -0.740. The molecule has 2 rings (SSSR count). The molecular weight excluding hydrogens is 331 g/mol. The number of benzene rings is 2. The van der Waals surface area contributed by atoms with Gasteiger partial charge in [0.2, 0.25) is 10.0 Å². The molecule has 0 aromatic heterocycles. The highest BCUT2D eigenvalue weighted by molar-refractivity contribution is 7.89. The van der Waals surface area contributed by atoms with E-state index in [2.05, 4.69) is 10.0 Å². The van der Waals surface area contributed by atoms with Crippen LogP contribution in [-0.4, -0.2) is 21.4 Å². The van der Waals surface area contributed by atoms with Gasteiger partial charge in [-0.05, 0) is 56.3 Å². The highest BCUT2D eigenvalue weighted by atomic mass is 32.2. The molecule has 0 aliphatic carbocycles. The Bertz CT molecular complexity index is 849.